The predicted molar refractivity (Wildman–Crippen MR) is 99.9 cm³/mol. The van der Waals surface area contributed by atoms with E-state index in [9.17, 15) is 18.0 Å². The maximum Gasteiger partial charge on any atom is 0.416 e. The molecule has 0 radical (unpaired) electrons. The number of hydrogen-bond acceptors (Lipinski definition) is 3. The minimum absolute atomic E-state index is 0.0523. The Labute approximate surface area is 162 Å². The van der Waals surface area contributed by atoms with Crippen LogP contribution in [-0.2, 0) is 10.9 Å². The van der Waals surface area contributed by atoms with Crippen LogP contribution < -0.4 is 5.32 Å². The minimum Gasteiger partial charge on any atom is -0.379 e. The zero-order valence-electron chi connectivity index (χ0n) is 15.6. The maximum absolute atomic E-state index is 12.7. The van der Waals surface area contributed by atoms with Crippen molar-refractivity contribution in [2.75, 3.05) is 26.3 Å². The Morgan fingerprint density at radius 2 is 1.64 bits per heavy atom. The second kappa shape index (κ2) is 8.75. The largest absolute Gasteiger partial charge is 0.416 e. The molecule has 0 unspecified atom stereocenters. The summed E-state index contributed by atoms with van der Waals surface area (Å²) in [5.74, 6) is -0.393. The van der Waals surface area contributed by atoms with Crippen LogP contribution in [0.15, 0.2) is 54.6 Å². The Morgan fingerprint density at radius 3 is 2.21 bits per heavy atom. The Hall–Kier alpha value is -2.38. The fourth-order valence-electron chi connectivity index (χ4n) is 3.50. The molecule has 0 aliphatic carbocycles. The average Bonchev–Trinajstić information content (AvgIpc) is 2.69. The van der Waals surface area contributed by atoms with Crippen molar-refractivity contribution in [3.8, 4) is 0 Å². The van der Waals surface area contributed by atoms with E-state index in [2.05, 4.69) is 10.2 Å². The van der Waals surface area contributed by atoms with Gasteiger partial charge in [0.1, 0.15) is 0 Å². The standard InChI is InChI=1S/C21H23F3N2O2/c1-15(25-20(27)17-7-9-18(10-8-17)21(22,23)24)19(16-5-3-2-4-6-16)26-11-13-28-14-12-26/h2-10,15,19H,11-14H2,1H3,(H,25,27)/t15-,19+/m1/s1. The fourth-order valence-corrected chi connectivity index (χ4v) is 3.50. The summed E-state index contributed by atoms with van der Waals surface area (Å²) in [4.78, 5) is 14.9. The molecule has 2 aromatic rings. The van der Waals surface area contributed by atoms with Gasteiger partial charge in [0.05, 0.1) is 24.8 Å². The number of rotatable bonds is 5. The van der Waals surface area contributed by atoms with E-state index in [0.717, 1.165) is 30.8 Å². The molecule has 0 spiro atoms. The Bertz CT molecular complexity index is 772. The molecular weight excluding hydrogens is 369 g/mol. The first-order valence-electron chi connectivity index (χ1n) is 9.21. The molecule has 0 saturated carbocycles. The van der Waals surface area contributed by atoms with E-state index < -0.39 is 17.6 Å². The van der Waals surface area contributed by atoms with Gasteiger partial charge in [-0.3, -0.25) is 9.69 Å². The number of benzene rings is 2. The van der Waals surface area contributed by atoms with Crippen molar-refractivity contribution in [3.05, 3.63) is 71.3 Å². The van der Waals surface area contributed by atoms with Gasteiger partial charge in [0.25, 0.3) is 5.91 Å². The highest BCUT2D eigenvalue weighted by molar-refractivity contribution is 5.94. The van der Waals surface area contributed by atoms with Crippen molar-refractivity contribution in [3.63, 3.8) is 0 Å². The molecule has 0 aromatic heterocycles. The predicted octanol–water partition coefficient (Wildman–Crippen LogP) is 3.90. The molecule has 1 aliphatic heterocycles. The molecular formula is C21H23F3N2O2. The van der Waals surface area contributed by atoms with Crippen LogP contribution in [0.5, 0.6) is 0 Å². The lowest BCUT2D eigenvalue weighted by atomic mass is 9.97. The topological polar surface area (TPSA) is 41.6 Å². The zero-order chi connectivity index (χ0) is 20.1. The van der Waals surface area contributed by atoms with Crippen LogP contribution in [0.2, 0.25) is 0 Å². The molecule has 7 heteroatoms. The van der Waals surface area contributed by atoms with E-state index in [-0.39, 0.29) is 17.6 Å². The van der Waals surface area contributed by atoms with Crippen molar-refractivity contribution in [2.24, 2.45) is 0 Å². The molecule has 1 N–H and O–H groups in total. The summed E-state index contributed by atoms with van der Waals surface area (Å²) in [6.45, 7) is 4.67. The number of morpholine rings is 1. The second-order valence-electron chi connectivity index (χ2n) is 6.84. The number of ether oxygens (including phenoxy) is 1. The lowest BCUT2D eigenvalue weighted by molar-refractivity contribution is -0.137. The second-order valence-corrected chi connectivity index (χ2v) is 6.84. The van der Waals surface area contributed by atoms with Crippen molar-refractivity contribution < 1.29 is 22.7 Å². The van der Waals surface area contributed by atoms with Crippen molar-refractivity contribution >= 4 is 5.91 Å². The number of alkyl halides is 3. The van der Waals surface area contributed by atoms with E-state index >= 15 is 0 Å². The highest BCUT2D eigenvalue weighted by Gasteiger charge is 2.31. The van der Waals surface area contributed by atoms with E-state index in [4.69, 9.17) is 4.74 Å². The molecule has 2 atom stereocenters. The number of hydrogen-bond donors (Lipinski definition) is 1. The number of amides is 1. The van der Waals surface area contributed by atoms with Crippen LogP contribution in [0.1, 0.15) is 34.5 Å². The summed E-state index contributed by atoms with van der Waals surface area (Å²) in [6.07, 6.45) is -4.42. The smallest absolute Gasteiger partial charge is 0.379 e. The van der Waals surface area contributed by atoms with E-state index in [1.165, 1.54) is 12.1 Å². The first-order valence-corrected chi connectivity index (χ1v) is 9.21. The van der Waals surface area contributed by atoms with Crippen molar-refractivity contribution in [1.29, 1.82) is 0 Å². The summed E-state index contributed by atoms with van der Waals surface area (Å²) in [5.41, 5.74) is 0.505. The van der Waals surface area contributed by atoms with Crippen LogP contribution in [0.25, 0.3) is 0 Å². The lowest BCUT2D eigenvalue weighted by Crippen LogP contribution is -2.48. The Kier molecular flexibility index (Phi) is 6.36. The Balaban J connectivity index is 1.75. The molecule has 1 saturated heterocycles. The first kappa shape index (κ1) is 20.4. The number of nitrogens with zero attached hydrogens (tertiary/aromatic N) is 1. The van der Waals surface area contributed by atoms with Crippen LogP contribution in [0.4, 0.5) is 13.2 Å². The first-order chi connectivity index (χ1) is 13.4. The van der Waals surface area contributed by atoms with Gasteiger partial charge in [0.2, 0.25) is 0 Å². The average molecular weight is 392 g/mol. The van der Waals surface area contributed by atoms with Crippen LogP contribution >= 0.6 is 0 Å². The van der Waals surface area contributed by atoms with Gasteiger partial charge in [0, 0.05) is 24.7 Å². The molecule has 1 amide bonds. The molecule has 1 fully saturated rings. The molecule has 2 aromatic carbocycles. The minimum atomic E-state index is -4.42. The third-order valence-corrected chi connectivity index (χ3v) is 4.89. The van der Waals surface area contributed by atoms with E-state index in [1.807, 2.05) is 37.3 Å². The number of carbonyl (C=O) groups excluding carboxylic acids is 1. The van der Waals surface area contributed by atoms with Gasteiger partial charge < -0.3 is 10.1 Å². The summed E-state index contributed by atoms with van der Waals surface area (Å²) in [6, 6.07) is 13.8. The zero-order valence-corrected chi connectivity index (χ0v) is 15.6. The summed E-state index contributed by atoms with van der Waals surface area (Å²) < 4.78 is 43.6. The third-order valence-electron chi connectivity index (χ3n) is 4.89. The number of nitrogens with one attached hydrogen (secondary N) is 1. The van der Waals surface area contributed by atoms with Gasteiger partial charge in [-0.15, -0.1) is 0 Å². The highest BCUT2D eigenvalue weighted by Crippen LogP contribution is 2.29. The number of carbonyl (C=O) groups is 1. The van der Waals surface area contributed by atoms with Crippen molar-refractivity contribution in [1.82, 2.24) is 10.2 Å². The fraction of sp³-hybridized carbons (Fsp3) is 0.381. The monoisotopic (exact) mass is 392 g/mol. The normalized spacial score (nSPS) is 17.7. The molecule has 0 bridgehead atoms. The summed E-state index contributed by atoms with van der Waals surface area (Å²) in [7, 11) is 0. The van der Waals surface area contributed by atoms with Gasteiger partial charge in [-0.1, -0.05) is 30.3 Å². The van der Waals surface area contributed by atoms with Crippen LogP contribution in [0, 0.1) is 0 Å². The molecule has 150 valence electrons. The third kappa shape index (κ3) is 4.91. The van der Waals surface area contributed by atoms with Crippen LogP contribution in [0.3, 0.4) is 0 Å². The SMILES string of the molecule is C[C@@H](NC(=O)c1ccc(C(F)(F)F)cc1)[C@@H](c1ccccc1)N1CCOCC1. The molecule has 1 aliphatic rings. The lowest BCUT2D eigenvalue weighted by Gasteiger charge is -2.38. The summed E-state index contributed by atoms with van der Waals surface area (Å²) in [5, 5.41) is 2.95. The number of halogens is 3. The highest BCUT2D eigenvalue weighted by atomic mass is 19.4. The van der Waals surface area contributed by atoms with Crippen LogP contribution in [-0.4, -0.2) is 43.2 Å². The Morgan fingerprint density at radius 1 is 1.04 bits per heavy atom. The molecule has 1 heterocycles. The quantitative estimate of drug-likeness (QED) is 0.839. The molecule has 28 heavy (non-hydrogen) atoms. The van der Waals surface area contributed by atoms with Gasteiger partial charge in [-0.2, -0.15) is 13.2 Å². The molecule has 3 rings (SSSR count). The van der Waals surface area contributed by atoms with Gasteiger partial charge in [-0.05, 0) is 36.8 Å². The molecule has 4 nitrogen and oxygen atoms in total. The van der Waals surface area contributed by atoms with E-state index in [0.29, 0.717) is 13.2 Å². The van der Waals surface area contributed by atoms with E-state index in [1.54, 1.807) is 0 Å². The summed E-state index contributed by atoms with van der Waals surface area (Å²) >= 11 is 0. The van der Waals surface area contributed by atoms with Crippen molar-refractivity contribution in [2.45, 2.75) is 25.2 Å². The van der Waals surface area contributed by atoms with Gasteiger partial charge in [-0.25, -0.2) is 0 Å². The van der Waals surface area contributed by atoms with Gasteiger partial charge >= 0.3 is 6.18 Å². The maximum atomic E-state index is 12.7. The van der Waals surface area contributed by atoms with Gasteiger partial charge in [0.15, 0.2) is 0 Å².